The highest BCUT2D eigenvalue weighted by molar-refractivity contribution is 5.81. The van der Waals surface area contributed by atoms with Crippen molar-refractivity contribution in [2.75, 3.05) is 18.4 Å². The first-order valence-corrected chi connectivity index (χ1v) is 6.95. The third-order valence-electron chi connectivity index (χ3n) is 2.90. The summed E-state index contributed by atoms with van der Waals surface area (Å²) in [5.41, 5.74) is 0.344. The smallest absolute Gasteiger partial charge is 0.334 e. The van der Waals surface area contributed by atoms with Crippen LogP contribution < -0.4 is 10.6 Å². The highest BCUT2D eigenvalue weighted by atomic mass is 16.6. The van der Waals surface area contributed by atoms with Crippen LogP contribution in [0.5, 0.6) is 0 Å². The monoisotopic (exact) mass is 297 g/mol. The third-order valence-corrected chi connectivity index (χ3v) is 2.90. The molecule has 1 aromatic rings. The Labute approximate surface area is 124 Å². The van der Waals surface area contributed by atoms with E-state index in [2.05, 4.69) is 15.7 Å². The van der Waals surface area contributed by atoms with Gasteiger partial charge in [-0.3, -0.25) is 14.9 Å². The average molecular weight is 297 g/mol. The summed E-state index contributed by atoms with van der Waals surface area (Å²) in [7, 11) is 1.62. The minimum absolute atomic E-state index is 0.0232. The number of hydrogen-bond acceptors (Lipinski definition) is 5. The lowest BCUT2D eigenvalue weighted by atomic mass is 10.1. The number of carbonyl (C=O) groups is 1. The van der Waals surface area contributed by atoms with Gasteiger partial charge in [-0.15, -0.1) is 0 Å². The van der Waals surface area contributed by atoms with E-state index in [4.69, 9.17) is 0 Å². The summed E-state index contributed by atoms with van der Waals surface area (Å²) in [5.74, 6) is 0.336. The molecular formula is C13H23N5O3. The fourth-order valence-corrected chi connectivity index (χ4v) is 1.85. The molecule has 1 amide bonds. The van der Waals surface area contributed by atoms with Crippen LogP contribution in [-0.2, 0) is 11.8 Å². The molecule has 2 N–H and O–H groups in total. The zero-order valence-electron chi connectivity index (χ0n) is 13.1. The molecule has 0 saturated heterocycles. The third kappa shape index (κ3) is 4.44. The molecule has 21 heavy (non-hydrogen) atoms. The lowest BCUT2D eigenvalue weighted by Crippen LogP contribution is -2.32. The van der Waals surface area contributed by atoms with E-state index >= 15 is 0 Å². The van der Waals surface area contributed by atoms with E-state index in [0.29, 0.717) is 18.2 Å². The van der Waals surface area contributed by atoms with Gasteiger partial charge in [0.1, 0.15) is 5.69 Å². The van der Waals surface area contributed by atoms with Crippen molar-refractivity contribution in [3.8, 4) is 0 Å². The number of amides is 1. The van der Waals surface area contributed by atoms with E-state index in [-0.39, 0.29) is 29.9 Å². The Morgan fingerprint density at radius 1 is 1.38 bits per heavy atom. The molecule has 0 saturated carbocycles. The quantitative estimate of drug-likeness (QED) is 0.588. The van der Waals surface area contributed by atoms with Crippen molar-refractivity contribution in [1.29, 1.82) is 0 Å². The van der Waals surface area contributed by atoms with Crippen molar-refractivity contribution in [3.63, 3.8) is 0 Å². The van der Waals surface area contributed by atoms with E-state index in [1.54, 1.807) is 7.05 Å². The van der Waals surface area contributed by atoms with Crippen LogP contribution in [0, 0.1) is 16.0 Å². The molecule has 0 aliphatic carbocycles. The van der Waals surface area contributed by atoms with Crippen molar-refractivity contribution in [3.05, 3.63) is 15.8 Å². The first-order valence-electron chi connectivity index (χ1n) is 6.95. The second kappa shape index (κ2) is 7.05. The molecule has 8 heteroatoms. The number of aryl methyl sites for hydroxylation is 1. The molecule has 0 atom stereocenters. The minimum Gasteiger partial charge on any atom is -0.355 e. The van der Waals surface area contributed by atoms with Crippen LogP contribution in [-0.4, -0.2) is 33.7 Å². The number of carbonyl (C=O) groups excluding carboxylic acids is 1. The van der Waals surface area contributed by atoms with Crippen LogP contribution >= 0.6 is 0 Å². The standard InChI is InChI=1S/C13H23N5O3/c1-8(2)6-14-10(19)7-15-13-12(18(20)21)11(9(3)4)16-17(13)5/h8-9,15H,6-7H2,1-5H3,(H,14,19). The molecule has 0 aliphatic heterocycles. The largest absolute Gasteiger partial charge is 0.355 e. The fraction of sp³-hybridized carbons (Fsp3) is 0.692. The van der Waals surface area contributed by atoms with E-state index < -0.39 is 4.92 Å². The van der Waals surface area contributed by atoms with Crippen LogP contribution in [0.2, 0.25) is 0 Å². The number of nitrogens with zero attached hydrogens (tertiary/aromatic N) is 3. The Morgan fingerprint density at radius 3 is 2.48 bits per heavy atom. The molecule has 118 valence electrons. The second-order valence-electron chi connectivity index (χ2n) is 5.67. The maximum Gasteiger partial charge on any atom is 0.334 e. The van der Waals surface area contributed by atoms with Gasteiger partial charge >= 0.3 is 5.69 Å². The van der Waals surface area contributed by atoms with Crippen LogP contribution in [0.15, 0.2) is 0 Å². The Kier molecular flexibility index (Phi) is 5.69. The molecule has 0 fully saturated rings. The predicted molar refractivity (Wildman–Crippen MR) is 80.3 cm³/mol. The Hall–Kier alpha value is -2.12. The van der Waals surface area contributed by atoms with Crippen LogP contribution in [0.25, 0.3) is 0 Å². The van der Waals surface area contributed by atoms with Gasteiger partial charge in [-0.2, -0.15) is 5.10 Å². The number of nitrogens with one attached hydrogen (secondary N) is 2. The molecule has 0 aliphatic rings. The van der Waals surface area contributed by atoms with Crippen molar-refractivity contribution >= 4 is 17.4 Å². The molecule has 1 heterocycles. The van der Waals surface area contributed by atoms with Gasteiger partial charge in [0, 0.05) is 19.5 Å². The molecular weight excluding hydrogens is 274 g/mol. The predicted octanol–water partition coefficient (Wildman–Crippen LogP) is 1.64. The van der Waals surface area contributed by atoms with E-state index in [1.165, 1.54) is 4.68 Å². The Balaban J connectivity index is 2.84. The minimum atomic E-state index is -0.462. The SMILES string of the molecule is CC(C)CNC(=O)CNc1c([N+](=O)[O-])c(C(C)C)nn1C. The van der Waals surface area contributed by atoms with Crippen LogP contribution in [0.3, 0.4) is 0 Å². The number of nitro groups is 1. The lowest BCUT2D eigenvalue weighted by Gasteiger charge is -2.09. The molecule has 1 aromatic heterocycles. The maximum absolute atomic E-state index is 11.7. The summed E-state index contributed by atoms with van der Waals surface area (Å²) in [5, 5.41) is 21.0. The number of aromatic nitrogens is 2. The lowest BCUT2D eigenvalue weighted by molar-refractivity contribution is -0.384. The molecule has 8 nitrogen and oxygen atoms in total. The van der Waals surface area contributed by atoms with Gasteiger partial charge in [-0.1, -0.05) is 27.7 Å². The van der Waals surface area contributed by atoms with E-state index in [1.807, 2.05) is 27.7 Å². The summed E-state index contributed by atoms with van der Waals surface area (Å²) in [4.78, 5) is 22.5. The van der Waals surface area contributed by atoms with Crippen molar-refractivity contribution in [2.45, 2.75) is 33.6 Å². The normalized spacial score (nSPS) is 11.0. The first-order chi connectivity index (χ1) is 9.73. The van der Waals surface area contributed by atoms with Crippen molar-refractivity contribution < 1.29 is 9.72 Å². The molecule has 1 rings (SSSR count). The first kappa shape index (κ1) is 16.9. The van der Waals surface area contributed by atoms with Gasteiger partial charge in [0.05, 0.1) is 11.5 Å². The fourth-order valence-electron chi connectivity index (χ4n) is 1.85. The zero-order valence-corrected chi connectivity index (χ0v) is 13.1. The Morgan fingerprint density at radius 2 is 2.00 bits per heavy atom. The molecule has 0 radical (unpaired) electrons. The van der Waals surface area contributed by atoms with Gasteiger partial charge in [0.2, 0.25) is 11.7 Å². The summed E-state index contributed by atoms with van der Waals surface area (Å²) in [6.07, 6.45) is 0. The number of hydrogen-bond donors (Lipinski definition) is 2. The average Bonchev–Trinajstić information content (AvgIpc) is 2.71. The van der Waals surface area contributed by atoms with Gasteiger partial charge < -0.3 is 10.6 Å². The van der Waals surface area contributed by atoms with Gasteiger partial charge in [-0.05, 0) is 5.92 Å². The maximum atomic E-state index is 11.7. The highest BCUT2D eigenvalue weighted by Crippen LogP contribution is 2.32. The van der Waals surface area contributed by atoms with Crippen molar-refractivity contribution in [2.24, 2.45) is 13.0 Å². The van der Waals surface area contributed by atoms with Crippen LogP contribution in [0.1, 0.15) is 39.3 Å². The van der Waals surface area contributed by atoms with Crippen molar-refractivity contribution in [1.82, 2.24) is 15.1 Å². The molecule has 0 aromatic carbocycles. The van der Waals surface area contributed by atoms with E-state index in [9.17, 15) is 14.9 Å². The molecule has 0 spiro atoms. The second-order valence-corrected chi connectivity index (χ2v) is 5.67. The van der Waals surface area contributed by atoms with Gasteiger partial charge in [0.15, 0.2) is 0 Å². The van der Waals surface area contributed by atoms with Gasteiger partial charge in [0.25, 0.3) is 0 Å². The highest BCUT2D eigenvalue weighted by Gasteiger charge is 2.28. The summed E-state index contributed by atoms with van der Waals surface area (Å²) in [6.45, 7) is 8.22. The summed E-state index contributed by atoms with van der Waals surface area (Å²) >= 11 is 0. The van der Waals surface area contributed by atoms with E-state index in [0.717, 1.165) is 0 Å². The number of anilines is 1. The summed E-state index contributed by atoms with van der Waals surface area (Å²) in [6, 6.07) is 0. The zero-order chi connectivity index (χ0) is 16.2. The molecule has 0 bridgehead atoms. The number of rotatable bonds is 7. The van der Waals surface area contributed by atoms with Crippen LogP contribution in [0.4, 0.5) is 11.5 Å². The van der Waals surface area contributed by atoms with Gasteiger partial charge in [-0.25, -0.2) is 4.68 Å². The molecule has 0 unspecified atom stereocenters. The summed E-state index contributed by atoms with van der Waals surface area (Å²) < 4.78 is 1.41. The topological polar surface area (TPSA) is 102 Å². The Bertz CT molecular complexity index is 522.